The summed E-state index contributed by atoms with van der Waals surface area (Å²) < 4.78 is 17.2. The van der Waals surface area contributed by atoms with Gasteiger partial charge in [0.25, 0.3) is 11.8 Å². The molecule has 30 heavy (non-hydrogen) atoms. The largest absolute Gasteiger partial charge is 0.503 e. The van der Waals surface area contributed by atoms with Crippen LogP contribution in [0.25, 0.3) is 0 Å². The van der Waals surface area contributed by atoms with E-state index >= 15 is 0 Å². The summed E-state index contributed by atoms with van der Waals surface area (Å²) in [6, 6.07) is 4.96. The predicted octanol–water partition coefficient (Wildman–Crippen LogP) is 3.61. The number of carbonyl (C=O) groups is 2. The molecule has 1 aliphatic rings. The number of carbonyl (C=O) groups excluding carboxylic acids is 2. The Bertz CT molecular complexity index is 907. The van der Waals surface area contributed by atoms with Gasteiger partial charge in [-0.1, -0.05) is 36.2 Å². The average Bonchev–Trinajstić information content (AvgIpc) is 2.96. The monoisotopic (exact) mass is 478 g/mol. The molecule has 0 bridgehead atoms. The summed E-state index contributed by atoms with van der Waals surface area (Å²) in [4.78, 5) is 37.4. The fourth-order valence-electron chi connectivity index (χ4n) is 2.84. The molecule has 2 N–H and O–H groups in total. The second-order valence-corrected chi connectivity index (χ2v) is 9.90. The molecule has 1 aliphatic heterocycles. The van der Waals surface area contributed by atoms with Gasteiger partial charge in [0, 0.05) is 20.1 Å². The zero-order valence-electron chi connectivity index (χ0n) is 17.0. The molecule has 0 aromatic heterocycles. The number of hydrogen-bond donors (Lipinski definition) is 2. The van der Waals surface area contributed by atoms with E-state index in [1.54, 1.807) is 25.1 Å². The molecule has 2 rings (SSSR count). The topological polar surface area (TPSA) is 107 Å². The highest BCUT2D eigenvalue weighted by atomic mass is 35.5. The minimum atomic E-state index is -3.89. The van der Waals surface area contributed by atoms with Crippen LogP contribution < -0.4 is 0 Å². The Morgan fingerprint density at radius 2 is 2.03 bits per heavy atom. The molecule has 0 aliphatic carbocycles. The van der Waals surface area contributed by atoms with E-state index in [0.29, 0.717) is 16.5 Å². The maximum Gasteiger partial charge on any atom is 0.330 e. The summed E-state index contributed by atoms with van der Waals surface area (Å²) >= 11 is 11.9. The number of nitrogens with zero attached hydrogens (tertiary/aromatic N) is 2. The maximum absolute atomic E-state index is 12.7. The minimum absolute atomic E-state index is 0.0711. The van der Waals surface area contributed by atoms with Gasteiger partial charge in [-0.15, -0.1) is 0 Å². The first-order valence-corrected chi connectivity index (χ1v) is 11.9. The average molecular weight is 479 g/mol. The third-order valence-corrected chi connectivity index (χ3v) is 6.90. The predicted molar refractivity (Wildman–Crippen MR) is 115 cm³/mol. The molecule has 11 heteroatoms. The molecule has 1 heterocycles. The van der Waals surface area contributed by atoms with Crippen molar-refractivity contribution in [3.63, 3.8) is 0 Å². The molecule has 0 fully saturated rings. The van der Waals surface area contributed by atoms with E-state index in [2.05, 4.69) is 0 Å². The van der Waals surface area contributed by atoms with E-state index in [9.17, 15) is 24.2 Å². The fraction of sp³-hybridized carbons (Fsp3) is 0.474. The van der Waals surface area contributed by atoms with Gasteiger partial charge in [0.1, 0.15) is 0 Å². The molecule has 1 aromatic carbocycles. The highest BCUT2D eigenvalue weighted by molar-refractivity contribution is 7.52. The Morgan fingerprint density at radius 3 is 2.63 bits per heavy atom. The van der Waals surface area contributed by atoms with E-state index in [4.69, 9.17) is 27.7 Å². The zero-order chi connectivity index (χ0) is 22.6. The van der Waals surface area contributed by atoms with Crippen LogP contribution in [0.4, 0.5) is 0 Å². The van der Waals surface area contributed by atoms with Gasteiger partial charge in [0.15, 0.2) is 5.76 Å². The molecule has 0 spiro atoms. The first-order chi connectivity index (χ1) is 13.9. The van der Waals surface area contributed by atoms with Crippen molar-refractivity contribution in [2.75, 3.05) is 26.3 Å². The van der Waals surface area contributed by atoms with Crippen LogP contribution in [0.2, 0.25) is 10.0 Å². The van der Waals surface area contributed by atoms with Crippen LogP contribution in [0.5, 0.6) is 0 Å². The van der Waals surface area contributed by atoms with Crippen molar-refractivity contribution in [2.24, 2.45) is 0 Å². The Hall–Kier alpha value is -1.57. The van der Waals surface area contributed by atoms with Gasteiger partial charge in [0.05, 0.1) is 34.4 Å². The van der Waals surface area contributed by atoms with Gasteiger partial charge in [-0.05, 0) is 31.0 Å². The summed E-state index contributed by atoms with van der Waals surface area (Å²) in [5.74, 6) is -1.95. The van der Waals surface area contributed by atoms with Crippen LogP contribution in [0.3, 0.4) is 0 Å². The number of benzene rings is 1. The summed E-state index contributed by atoms with van der Waals surface area (Å²) in [5, 5.41) is 10.9. The molecule has 0 radical (unpaired) electrons. The molecule has 0 saturated heterocycles. The quantitative estimate of drug-likeness (QED) is 0.525. The first kappa shape index (κ1) is 24.7. The zero-order valence-corrected chi connectivity index (χ0v) is 19.4. The Morgan fingerprint density at radius 1 is 1.37 bits per heavy atom. The van der Waals surface area contributed by atoms with Crippen LogP contribution in [0.15, 0.2) is 29.5 Å². The van der Waals surface area contributed by atoms with Crippen LogP contribution in [-0.4, -0.2) is 64.0 Å². The Labute approximate surface area is 185 Å². The lowest BCUT2D eigenvalue weighted by Gasteiger charge is -2.21. The van der Waals surface area contributed by atoms with Gasteiger partial charge in [-0.2, -0.15) is 0 Å². The molecular weight excluding hydrogens is 454 g/mol. The van der Waals surface area contributed by atoms with E-state index in [-0.39, 0.29) is 31.4 Å². The van der Waals surface area contributed by atoms with E-state index in [1.165, 1.54) is 11.9 Å². The summed E-state index contributed by atoms with van der Waals surface area (Å²) in [6.07, 6.45) is -0.121. The molecule has 166 valence electrons. The number of aliphatic hydroxyl groups excluding tert-OH is 1. The third kappa shape index (κ3) is 6.22. The number of hydrogen-bond acceptors (Lipinski definition) is 5. The minimum Gasteiger partial charge on any atom is -0.503 e. The van der Waals surface area contributed by atoms with E-state index < -0.39 is 31.3 Å². The summed E-state index contributed by atoms with van der Waals surface area (Å²) in [6.45, 7) is 3.41. The van der Waals surface area contributed by atoms with E-state index in [0.717, 1.165) is 10.5 Å². The first-order valence-electron chi connectivity index (χ1n) is 9.36. The third-order valence-electron chi connectivity index (χ3n) is 4.71. The molecule has 2 amide bonds. The number of rotatable bonds is 9. The summed E-state index contributed by atoms with van der Waals surface area (Å²) in [5.41, 5.74) is 0.656. The standard InChI is InChI=1S/C19H25Cl2N2O6P/c1-4-12(2)29-30(27,28)8-7-23-11-14(17(24)19(23)26)18(25)22(3)10-13-5-6-15(20)16(21)9-13/h5-6,9,12,24H,4,7-8,10-11H2,1-3H3,(H,27,28). The van der Waals surface area contributed by atoms with Gasteiger partial charge >= 0.3 is 7.60 Å². The summed E-state index contributed by atoms with van der Waals surface area (Å²) in [7, 11) is -2.37. The number of amides is 2. The van der Waals surface area contributed by atoms with Crippen molar-refractivity contribution >= 4 is 42.6 Å². The molecule has 8 nitrogen and oxygen atoms in total. The number of halogens is 2. The second-order valence-electron chi connectivity index (χ2n) is 7.15. The van der Waals surface area contributed by atoms with Crippen molar-refractivity contribution in [1.82, 2.24) is 9.80 Å². The SMILES string of the molecule is CCC(C)OP(=O)(O)CCN1CC(C(=O)N(C)Cc2ccc(Cl)c(Cl)c2)=C(O)C1=O. The van der Waals surface area contributed by atoms with Gasteiger partial charge in [-0.25, -0.2) is 0 Å². The van der Waals surface area contributed by atoms with Crippen LogP contribution in [-0.2, 0) is 25.2 Å². The van der Waals surface area contributed by atoms with Crippen molar-refractivity contribution in [3.8, 4) is 0 Å². The normalized spacial score (nSPS) is 17.3. The Kier molecular flexibility index (Phi) is 8.36. The van der Waals surface area contributed by atoms with Crippen molar-refractivity contribution in [2.45, 2.75) is 32.9 Å². The smallest absolute Gasteiger partial charge is 0.330 e. The van der Waals surface area contributed by atoms with Crippen molar-refractivity contribution in [3.05, 3.63) is 45.1 Å². The van der Waals surface area contributed by atoms with Crippen LogP contribution >= 0.6 is 30.8 Å². The molecule has 2 atom stereocenters. The van der Waals surface area contributed by atoms with Gasteiger partial charge < -0.3 is 24.3 Å². The molecule has 1 aromatic rings. The lowest BCUT2D eigenvalue weighted by atomic mass is 10.2. The number of aliphatic hydroxyl groups is 1. The van der Waals surface area contributed by atoms with Gasteiger partial charge in [-0.3, -0.25) is 14.2 Å². The molecule has 0 saturated carbocycles. The lowest BCUT2D eigenvalue weighted by Crippen LogP contribution is -2.33. The molecular formula is C19H25Cl2N2O6P. The highest BCUT2D eigenvalue weighted by Crippen LogP contribution is 2.43. The second kappa shape index (κ2) is 10.2. The number of likely N-dealkylation sites (N-methyl/N-ethyl adjacent to an activating group) is 1. The van der Waals surface area contributed by atoms with Crippen LogP contribution in [0.1, 0.15) is 25.8 Å². The highest BCUT2D eigenvalue weighted by Gasteiger charge is 2.36. The fourth-order valence-corrected chi connectivity index (χ4v) is 4.47. The van der Waals surface area contributed by atoms with Crippen LogP contribution in [0, 0.1) is 0 Å². The molecule has 2 unspecified atom stereocenters. The lowest BCUT2D eigenvalue weighted by molar-refractivity contribution is -0.127. The van der Waals surface area contributed by atoms with Crippen molar-refractivity contribution < 1.29 is 28.7 Å². The maximum atomic E-state index is 12.7. The van der Waals surface area contributed by atoms with Gasteiger partial charge in [0.2, 0.25) is 0 Å². The van der Waals surface area contributed by atoms with E-state index in [1.807, 2.05) is 6.92 Å². The van der Waals surface area contributed by atoms with Crippen molar-refractivity contribution in [1.29, 1.82) is 0 Å². The Balaban J connectivity index is 2.00.